The summed E-state index contributed by atoms with van der Waals surface area (Å²) in [5.41, 5.74) is 7.39. The first kappa shape index (κ1) is 16.1. The van der Waals surface area contributed by atoms with E-state index in [1.165, 1.54) is 14.2 Å². The molecule has 0 saturated heterocycles. The summed E-state index contributed by atoms with van der Waals surface area (Å²) < 4.78 is 29.3. The summed E-state index contributed by atoms with van der Waals surface area (Å²) in [4.78, 5) is 0. The third-order valence-corrected chi connectivity index (χ3v) is 3.32. The van der Waals surface area contributed by atoms with Crippen LogP contribution in [0, 0.1) is 0 Å². The fraction of sp³-hybridized carbons (Fsp3) is 0.294. The molecule has 2 rings (SSSR count). The third kappa shape index (κ3) is 3.68. The Kier molecular flexibility index (Phi) is 5.61. The minimum atomic E-state index is -0.773. The number of nitrogens with two attached hydrogens (primary N) is 1. The third-order valence-electron chi connectivity index (χ3n) is 3.32. The van der Waals surface area contributed by atoms with E-state index < -0.39 is 12.7 Å². The lowest BCUT2D eigenvalue weighted by atomic mass is 10.1. The van der Waals surface area contributed by atoms with E-state index in [1.54, 1.807) is 12.1 Å². The van der Waals surface area contributed by atoms with Crippen molar-refractivity contribution < 1.29 is 18.6 Å². The van der Waals surface area contributed by atoms with Gasteiger partial charge in [-0.1, -0.05) is 30.3 Å². The van der Waals surface area contributed by atoms with E-state index in [4.69, 9.17) is 19.9 Å². The lowest BCUT2D eigenvalue weighted by Crippen LogP contribution is -2.14. The molecule has 5 heteroatoms. The van der Waals surface area contributed by atoms with Gasteiger partial charge in [0.25, 0.3) is 0 Å². The van der Waals surface area contributed by atoms with Crippen molar-refractivity contribution >= 4 is 0 Å². The number of ether oxygens (including phenoxy) is 3. The molecule has 0 heterocycles. The monoisotopic (exact) mass is 305 g/mol. The van der Waals surface area contributed by atoms with Gasteiger partial charge in [-0.25, -0.2) is 4.39 Å². The minimum Gasteiger partial charge on any atom is -0.493 e. The molecule has 0 unspecified atom stereocenters. The molecule has 0 bridgehead atoms. The van der Waals surface area contributed by atoms with Crippen molar-refractivity contribution in [1.82, 2.24) is 0 Å². The van der Waals surface area contributed by atoms with Crippen molar-refractivity contribution in [3.63, 3.8) is 0 Å². The van der Waals surface area contributed by atoms with Crippen LogP contribution in [0.4, 0.5) is 4.39 Å². The van der Waals surface area contributed by atoms with Crippen LogP contribution in [0.5, 0.6) is 17.2 Å². The van der Waals surface area contributed by atoms with E-state index in [0.29, 0.717) is 29.4 Å². The highest BCUT2D eigenvalue weighted by Crippen LogP contribution is 2.37. The molecular formula is C17H20FNO3. The molecule has 0 fully saturated rings. The summed E-state index contributed by atoms with van der Waals surface area (Å²) >= 11 is 0. The van der Waals surface area contributed by atoms with Gasteiger partial charge in [-0.2, -0.15) is 0 Å². The molecule has 0 radical (unpaired) electrons. The van der Waals surface area contributed by atoms with Gasteiger partial charge in [0.1, 0.15) is 19.0 Å². The molecule has 0 aliphatic rings. The van der Waals surface area contributed by atoms with E-state index >= 15 is 0 Å². The fourth-order valence-electron chi connectivity index (χ4n) is 2.11. The lowest BCUT2D eigenvalue weighted by Gasteiger charge is -2.18. The van der Waals surface area contributed by atoms with Crippen molar-refractivity contribution in [2.45, 2.75) is 12.6 Å². The van der Waals surface area contributed by atoms with Gasteiger partial charge in [0, 0.05) is 11.6 Å². The molecule has 0 aromatic heterocycles. The highest BCUT2D eigenvalue weighted by Gasteiger charge is 2.17. The second-order valence-corrected chi connectivity index (χ2v) is 4.78. The van der Waals surface area contributed by atoms with Gasteiger partial charge in [-0.3, -0.25) is 0 Å². The van der Waals surface area contributed by atoms with Crippen molar-refractivity contribution in [3.8, 4) is 17.2 Å². The molecule has 2 aromatic carbocycles. The molecule has 0 spiro atoms. The Morgan fingerprint density at radius 1 is 1.00 bits per heavy atom. The highest BCUT2D eigenvalue weighted by atomic mass is 19.1. The van der Waals surface area contributed by atoms with Gasteiger partial charge >= 0.3 is 0 Å². The summed E-state index contributed by atoms with van der Waals surface area (Å²) in [5, 5.41) is 0. The van der Waals surface area contributed by atoms with Crippen LogP contribution in [0.2, 0.25) is 0 Å². The highest BCUT2D eigenvalue weighted by molar-refractivity contribution is 5.52. The zero-order valence-electron chi connectivity index (χ0n) is 12.7. The van der Waals surface area contributed by atoms with Crippen LogP contribution in [0.3, 0.4) is 0 Å². The number of methoxy groups -OCH3 is 2. The minimum absolute atomic E-state index is 0.363. The standard InChI is InChI=1S/C17H20FNO3/c1-20-16-8-13(14(19)10-18)15(9-17(16)21-2)22-11-12-6-4-3-5-7-12/h3-9,14H,10-11,19H2,1-2H3/t14-/m0/s1. The van der Waals surface area contributed by atoms with E-state index in [1.807, 2.05) is 30.3 Å². The second kappa shape index (κ2) is 7.66. The molecule has 0 aliphatic heterocycles. The lowest BCUT2D eigenvalue weighted by molar-refractivity contribution is 0.292. The van der Waals surface area contributed by atoms with Crippen molar-refractivity contribution in [3.05, 3.63) is 53.6 Å². The zero-order valence-corrected chi connectivity index (χ0v) is 12.7. The molecular weight excluding hydrogens is 285 g/mol. The summed E-state index contributed by atoms with van der Waals surface area (Å²) in [5.74, 6) is 1.50. The molecule has 2 aromatic rings. The van der Waals surface area contributed by atoms with Crippen LogP contribution in [0.15, 0.2) is 42.5 Å². The number of alkyl halides is 1. The Hall–Kier alpha value is -2.27. The average Bonchev–Trinajstić information content (AvgIpc) is 2.59. The largest absolute Gasteiger partial charge is 0.493 e. The Bertz CT molecular complexity index is 604. The van der Waals surface area contributed by atoms with E-state index in [-0.39, 0.29) is 0 Å². The van der Waals surface area contributed by atoms with Crippen LogP contribution in [-0.4, -0.2) is 20.9 Å². The fourth-order valence-corrected chi connectivity index (χ4v) is 2.11. The molecule has 0 saturated carbocycles. The van der Waals surface area contributed by atoms with E-state index in [0.717, 1.165) is 5.56 Å². The topological polar surface area (TPSA) is 53.7 Å². The molecule has 1 atom stereocenters. The molecule has 22 heavy (non-hydrogen) atoms. The van der Waals surface area contributed by atoms with E-state index in [2.05, 4.69) is 0 Å². The Labute approximate surface area is 129 Å². The first-order valence-corrected chi connectivity index (χ1v) is 6.93. The Morgan fingerprint density at radius 3 is 2.23 bits per heavy atom. The summed E-state index contributed by atoms with van der Waals surface area (Å²) in [6, 6.07) is 12.3. The molecule has 0 aliphatic carbocycles. The maximum absolute atomic E-state index is 13.0. The normalized spacial score (nSPS) is 11.8. The first-order valence-electron chi connectivity index (χ1n) is 6.93. The summed E-state index contributed by atoms with van der Waals surface area (Å²) in [6.07, 6.45) is 0. The number of benzene rings is 2. The van der Waals surface area contributed by atoms with Gasteiger partial charge in [0.2, 0.25) is 0 Å². The summed E-state index contributed by atoms with van der Waals surface area (Å²) in [7, 11) is 3.06. The maximum atomic E-state index is 13.0. The van der Waals surface area contributed by atoms with Gasteiger partial charge in [-0.15, -0.1) is 0 Å². The first-order chi connectivity index (χ1) is 10.7. The number of rotatable bonds is 7. The SMILES string of the molecule is COc1cc(OCc2ccccc2)c([C@@H](N)CF)cc1OC. The van der Waals surface area contributed by atoms with Crippen molar-refractivity contribution in [2.75, 3.05) is 20.9 Å². The van der Waals surface area contributed by atoms with Gasteiger partial charge in [0.05, 0.1) is 20.3 Å². The number of hydrogen-bond acceptors (Lipinski definition) is 4. The van der Waals surface area contributed by atoms with Crippen molar-refractivity contribution in [1.29, 1.82) is 0 Å². The maximum Gasteiger partial charge on any atom is 0.164 e. The molecule has 2 N–H and O–H groups in total. The van der Waals surface area contributed by atoms with Crippen molar-refractivity contribution in [2.24, 2.45) is 5.73 Å². The Balaban J connectivity index is 2.30. The number of halogens is 1. The van der Waals surface area contributed by atoms with Gasteiger partial charge in [-0.05, 0) is 11.6 Å². The zero-order chi connectivity index (χ0) is 15.9. The summed E-state index contributed by atoms with van der Waals surface area (Å²) in [6.45, 7) is -0.320. The smallest absolute Gasteiger partial charge is 0.164 e. The Morgan fingerprint density at radius 2 is 1.64 bits per heavy atom. The molecule has 4 nitrogen and oxygen atoms in total. The number of hydrogen-bond donors (Lipinski definition) is 1. The molecule has 118 valence electrons. The predicted molar refractivity (Wildman–Crippen MR) is 83.2 cm³/mol. The van der Waals surface area contributed by atoms with Crippen LogP contribution < -0.4 is 19.9 Å². The van der Waals surface area contributed by atoms with Gasteiger partial charge in [0.15, 0.2) is 11.5 Å². The van der Waals surface area contributed by atoms with Gasteiger partial charge < -0.3 is 19.9 Å². The average molecular weight is 305 g/mol. The molecule has 0 amide bonds. The predicted octanol–water partition coefficient (Wildman–Crippen LogP) is 3.25. The van der Waals surface area contributed by atoms with E-state index in [9.17, 15) is 4.39 Å². The van der Waals surface area contributed by atoms with Crippen LogP contribution >= 0.6 is 0 Å². The van der Waals surface area contributed by atoms with Crippen LogP contribution in [-0.2, 0) is 6.61 Å². The second-order valence-electron chi connectivity index (χ2n) is 4.78. The van der Waals surface area contributed by atoms with Crippen LogP contribution in [0.25, 0.3) is 0 Å². The van der Waals surface area contributed by atoms with Crippen LogP contribution in [0.1, 0.15) is 17.2 Å². The quantitative estimate of drug-likeness (QED) is 0.853.